The minimum Gasteiger partial charge on any atom is -0.395 e. The van der Waals surface area contributed by atoms with Crippen LogP contribution in [0.1, 0.15) is 52.5 Å². The molecule has 1 atom stereocenters. The molecule has 4 rings (SSSR count). The fourth-order valence-electron chi connectivity index (χ4n) is 4.59. The molecule has 1 aliphatic rings. The number of nitrogens with one attached hydrogen (secondary N) is 1. The molecule has 188 valence electrons. The van der Waals surface area contributed by atoms with Crippen LogP contribution in [0.4, 0.5) is 11.5 Å². The number of piperidine rings is 1. The molecular weight excluding hydrogens is 468 g/mol. The highest BCUT2D eigenvalue weighted by Gasteiger charge is 2.32. The predicted molar refractivity (Wildman–Crippen MR) is 135 cm³/mol. The van der Waals surface area contributed by atoms with Gasteiger partial charge in [-0.15, -0.1) is 0 Å². The van der Waals surface area contributed by atoms with Gasteiger partial charge in [0.05, 0.1) is 35.8 Å². The predicted octanol–water partition coefficient (Wildman–Crippen LogP) is 2.51. The number of fused-ring (bicyclic) bond motifs is 1. The van der Waals surface area contributed by atoms with Crippen LogP contribution in [0.2, 0.25) is 0 Å². The van der Waals surface area contributed by atoms with Gasteiger partial charge < -0.3 is 14.9 Å². The van der Waals surface area contributed by atoms with Gasteiger partial charge in [0.25, 0.3) is 5.91 Å². The lowest BCUT2D eigenvalue weighted by Crippen LogP contribution is -2.39. The summed E-state index contributed by atoms with van der Waals surface area (Å²) in [6.07, 6.45) is 5.55. The minimum atomic E-state index is -3.54. The number of hydrogen-bond donors (Lipinski definition) is 2. The number of aromatic nitrogens is 3. The van der Waals surface area contributed by atoms with Crippen LogP contribution in [0.3, 0.4) is 0 Å². The Morgan fingerprint density at radius 1 is 1.26 bits per heavy atom. The Labute approximate surface area is 205 Å². The largest absolute Gasteiger partial charge is 0.395 e. The zero-order valence-electron chi connectivity index (χ0n) is 20.5. The maximum atomic E-state index is 13.7. The molecule has 3 heterocycles. The molecule has 0 aliphatic carbocycles. The lowest BCUT2D eigenvalue weighted by molar-refractivity contribution is 0.0606. The van der Waals surface area contributed by atoms with Crippen LogP contribution in [0.25, 0.3) is 5.65 Å². The molecule has 11 heteroatoms. The highest BCUT2D eigenvalue weighted by Crippen LogP contribution is 2.34. The topological polar surface area (TPSA) is 120 Å². The van der Waals surface area contributed by atoms with Gasteiger partial charge in [-0.2, -0.15) is 5.10 Å². The number of anilines is 2. The number of nitrogens with zero attached hydrogens (tertiary/aromatic N) is 5. The fourth-order valence-corrected chi connectivity index (χ4v) is 5.16. The van der Waals surface area contributed by atoms with Gasteiger partial charge in [-0.3, -0.25) is 9.52 Å². The Balaban J connectivity index is 1.71. The van der Waals surface area contributed by atoms with E-state index in [1.165, 1.54) is 0 Å². The average molecular weight is 501 g/mol. The first-order valence-corrected chi connectivity index (χ1v) is 13.5. The van der Waals surface area contributed by atoms with E-state index in [1.54, 1.807) is 27.6 Å². The molecule has 2 aromatic heterocycles. The number of amides is 1. The van der Waals surface area contributed by atoms with Crippen molar-refractivity contribution < 1.29 is 18.3 Å². The monoisotopic (exact) mass is 500 g/mol. The van der Waals surface area contributed by atoms with Crippen LogP contribution >= 0.6 is 0 Å². The van der Waals surface area contributed by atoms with E-state index in [2.05, 4.69) is 4.72 Å². The normalized spacial score (nSPS) is 16.5. The smallest absolute Gasteiger partial charge is 0.256 e. The summed E-state index contributed by atoms with van der Waals surface area (Å²) in [5.41, 5.74) is 3.81. The molecule has 1 amide bonds. The second-order valence-electron chi connectivity index (χ2n) is 9.20. The second kappa shape index (κ2) is 9.82. The summed E-state index contributed by atoms with van der Waals surface area (Å²) in [6, 6.07) is 6.78. The van der Waals surface area contributed by atoms with Gasteiger partial charge in [0.1, 0.15) is 5.82 Å². The average Bonchev–Trinajstić information content (AvgIpc) is 3.21. The summed E-state index contributed by atoms with van der Waals surface area (Å²) in [5, 5.41) is 14.0. The molecule has 1 aromatic carbocycles. The number of hydrogen-bond acceptors (Lipinski definition) is 7. The van der Waals surface area contributed by atoms with E-state index >= 15 is 0 Å². The molecule has 1 unspecified atom stereocenters. The maximum absolute atomic E-state index is 13.7. The summed E-state index contributed by atoms with van der Waals surface area (Å²) in [6.45, 7) is 4.87. The van der Waals surface area contributed by atoms with Crippen molar-refractivity contribution >= 4 is 33.1 Å². The van der Waals surface area contributed by atoms with Crippen molar-refractivity contribution in [3.8, 4) is 0 Å². The number of carbonyl (C=O) groups is 1. The number of rotatable bonds is 7. The lowest BCUT2D eigenvalue weighted by Gasteiger charge is -2.35. The van der Waals surface area contributed by atoms with Gasteiger partial charge >= 0.3 is 0 Å². The van der Waals surface area contributed by atoms with E-state index in [0.717, 1.165) is 48.2 Å². The van der Waals surface area contributed by atoms with Crippen LogP contribution in [0.5, 0.6) is 0 Å². The fraction of sp³-hybridized carbons (Fsp3) is 0.458. The number of aliphatic hydroxyl groups is 1. The quantitative estimate of drug-likeness (QED) is 0.511. The molecule has 35 heavy (non-hydrogen) atoms. The van der Waals surface area contributed by atoms with Gasteiger partial charge in [-0.1, -0.05) is 11.6 Å². The number of aryl methyl sites for hydroxylation is 2. The summed E-state index contributed by atoms with van der Waals surface area (Å²) >= 11 is 0. The lowest BCUT2D eigenvalue weighted by atomic mass is 9.97. The Morgan fingerprint density at radius 2 is 2.03 bits per heavy atom. The number of likely N-dealkylation sites (N-methyl/N-ethyl adjacent to an activating group) is 1. The Bertz CT molecular complexity index is 1350. The van der Waals surface area contributed by atoms with E-state index in [9.17, 15) is 18.3 Å². The minimum absolute atomic E-state index is 0.0294. The van der Waals surface area contributed by atoms with Gasteiger partial charge in [0.15, 0.2) is 5.65 Å². The Kier molecular flexibility index (Phi) is 7.00. The highest BCUT2D eigenvalue weighted by atomic mass is 32.2. The van der Waals surface area contributed by atoms with Crippen molar-refractivity contribution in [1.29, 1.82) is 0 Å². The zero-order valence-corrected chi connectivity index (χ0v) is 21.3. The second-order valence-corrected chi connectivity index (χ2v) is 10.9. The summed E-state index contributed by atoms with van der Waals surface area (Å²) in [7, 11) is -1.66. The Hall–Kier alpha value is -3.18. The molecule has 0 radical (unpaired) electrons. The number of benzene rings is 1. The van der Waals surface area contributed by atoms with Gasteiger partial charge in [-0.25, -0.2) is 17.9 Å². The van der Waals surface area contributed by atoms with Crippen LogP contribution in [-0.2, 0) is 10.0 Å². The van der Waals surface area contributed by atoms with Crippen LogP contribution in [0, 0.1) is 13.8 Å². The van der Waals surface area contributed by atoms with E-state index in [1.807, 2.05) is 38.1 Å². The molecule has 1 fully saturated rings. The standard InChI is InChI=1S/C24H32N6O4S/c1-16-8-9-19(27-35(4,33)34)18(13-16)24(32)29-10-6-5-7-21(29)20-14-22-25-23(28(3)11-12-31)17(2)15-30(22)26-20/h8-9,13-15,21,27,31H,5-7,10-12H2,1-4H3. The molecule has 3 aromatic rings. The molecule has 10 nitrogen and oxygen atoms in total. The van der Waals surface area contributed by atoms with Crippen LogP contribution < -0.4 is 9.62 Å². The molecule has 1 saturated heterocycles. The van der Waals surface area contributed by atoms with E-state index < -0.39 is 10.0 Å². The maximum Gasteiger partial charge on any atom is 0.256 e. The molecule has 1 aliphatic heterocycles. The Morgan fingerprint density at radius 3 is 2.74 bits per heavy atom. The molecule has 0 bridgehead atoms. The molecule has 0 spiro atoms. The first-order chi connectivity index (χ1) is 16.6. The molecule has 2 N–H and O–H groups in total. The first kappa shape index (κ1) is 24.9. The highest BCUT2D eigenvalue weighted by molar-refractivity contribution is 7.92. The van der Waals surface area contributed by atoms with Gasteiger partial charge in [0.2, 0.25) is 10.0 Å². The van der Waals surface area contributed by atoms with Gasteiger partial charge in [-0.05, 0) is 45.2 Å². The zero-order chi connectivity index (χ0) is 25.3. The van der Waals surface area contributed by atoms with E-state index in [-0.39, 0.29) is 24.2 Å². The number of carbonyl (C=O) groups excluding carboxylic acids is 1. The van der Waals surface area contributed by atoms with Crippen LogP contribution in [-0.4, -0.2) is 71.9 Å². The third-order valence-electron chi connectivity index (χ3n) is 6.23. The number of aliphatic hydroxyl groups excluding tert-OH is 1. The van der Waals surface area contributed by atoms with Crippen molar-refractivity contribution in [2.45, 2.75) is 39.2 Å². The van der Waals surface area contributed by atoms with E-state index in [4.69, 9.17) is 10.1 Å². The first-order valence-electron chi connectivity index (χ1n) is 11.7. The van der Waals surface area contributed by atoms with Crippen LogP contribution in [0.15, 0.2) is 30.5 Å². The van der Waals surface area contributed by atoms with Gasteiger partial charge in [0, 0.05) is 38.0 Å². The summed E-state index contributed by atoms with van der Waals surface area (Å²) < 4.78 is 28.0. The molecule has 0 saturated carbocycles. The van der Waals surface area contributed by atoms with Crippen molar-refractivity contribution in [3.63, 3.8) is 0 Å². The summed E-state index contributed by atoms with van der Waals surface area (Å²) in [5.74, 6) is 0.542. The number of sulfonamides is 1. The third kappa shape index (κ3) is 5.40. The third-order valence-corrected chi connectivity index (χ3v) is 6.82. The molecular formula is C24H32N6O4S. The van der Waals surface area contributed by atoms with E-state index in [0.29, 0.717) is 24.3 Å². The van der Waals surface area contributed by atoms with Crippen molar-refractivity contribution in [3.05, 3.63) is 52.8 Å². The SMILES string of the molecule is Cc1ccc(NS(C)(=O)=O)c(C(=O)N2CCCCC2c2cc3nc(N(C)CCO)c(C)cn3n2)c1. The van der Waals surface area contributed by atoms with Crippen molar-refractivity contribution in [2.75, 3.05) is 42.6 Å². The number of likely N-dealkylation sites (tertiary alicyclic amines) is 1. The van der Waals surface area contributed by atoms with Crippen molar-refractivity contribution in [1.82, 2.24) is 19.5 Å². The summed E-state index contributed by atoms with van der Waals surface area (Å²) in [4.78, 5) is 22.2. The van der Waals surface area contributed by atoms with Crippen molar-refractivity contribution in [2.24, 2.45) is 0 Å².